The van der Waals surface area contributed by atoms with Crippen molar-refractivity contribution >= 4 is 69.8 Å². The highest BCUT2D eigenvalue weighted by molar-refractivity contribution is 8.00. The van der Waals surface area contributed by atoms with E-state index in [1.165, 1.54) is 28.0 Å². The van der Waals surface area contributed by atoms with E-state index in [2.05, 4.69) is 52.2 Å². The van der Waals surface area contributed by atoms with E-state index in [1.807, 2.05) is 66.9 Å². The largest absolute Gasteiger partial charge is 0.497 e. The molecule has 2 N–H and O–H groups in total. The number of oxime groups is 1. The fourth-order valence-corrected chi connectivity index (χ4v) is 9.73. The van der Waals surface area contributed by atoms with Crippen molar-refractivity contribution in [3.63, 3.8) is 0 Å². The number of amides is 2. The number of carbonyl (C=O) groups excluding carboxylic acids is 4. The molecule has 4 aromatic carbocycles. The second-order valence-electron chi connectivity index (χ2n) is 14.3. The van der Waals surface area contributed by atoms with E-state index in [9.17, 15) is 19.2 Å². The quantitative estimate of drug-likeness (QED) is 0.0215. The SMILES string of the molecule is CCC(COC(=O)CON=CC(=O)N[C@@H]1C(=O)N2C(C(=O)OCc3ccc(OC)cc3)=C(CCl)CS[C@H]12)c1csc(NC(c2ccccc2)(c2ccccc2)c2ccccc2)n1. The molecule has 0 aliphatic carbocycles. The third-order valence-electron chi connectivity index (χ3n) is 10.4. The van der Waals surface area contributed by atoms with Gasteiger partial charge in [-0.3, -0.25) is 14.5 Å². The number of thioether (sulfide) groups is 1. The summed E-state index contributed by atoms with van der Waals surface area (Å²) in [7, 11) is 1.56. The standard InChI is InChI=1S/C46H44ClN5O8S2/c1-3-31(37-29-62-45(49-37)51-46(33-13-7-4-8-14-33,34-15-9-5-10-16-34)35-17-11-6-12-18-35)26-58-39(54)27-60-48-24-38(53)50-40-42(55)52-41(32(23-47)28-61-43(40)52)44(56)59-25-30-19-21-36(57-2)22-20-30/h4-22,24,29,31,40,43H,3,23,25-28H2,1-2H3,(H,49,51)(H,50,53)/t31?,40-,43-/m1/s1. The van der Waals surface area contributed by atoms with Gasteiger partial charge in [-0.1, -0.05) is 115 Å². The first kappa shape index (κ1) is 43.9. The summed E-state index contributed by atoms with van der Waals surface area (Å²) in [5.74, 6) is -1.71. The summed E-state index contributed by atoms with van der Waals surface area (Å²) in [6.45, 7) is 1.49. The zero-order valence-corrected chi connectivity index (χ0v) is 36.3. The van der Waals surface area contributed by atoms with Crippen LogP contribution in [0.15, 0.2) is 137 Å². The molecule has 7 rings (SSSR count). The van der Waals surface area contributed by atoms with Gasteiger partial charge in [0.15, 0.2) is 5.13 Å². The summed E-state index contributed by atoms with van der Waals surface area (Å²) >= 11 is 8.98. The molecule has 320 valence electrons. The van der Waals surface area contributed by atoms with Gasteiger partial charge in [0.2, 0.25) is 6.61 Å². The number of hydrogen-bond acceptors (Lipinski definition) is 13. The first-order valence-corrected chi connectivity index (χ1v) is 22.3. The fraction of sp³-hybridized carbons (Fsp3) is 0.261. The lowest BCUT2D eigenvalue weighted by molar-refractivity contribution is -0.153. The van der Waals surface area contributed by atoms with E-state index in [4.69, 9.17) is 35.6 Å². The Bertz CT molecular complexity index is 2300. The number of esters is 2. The van der Waals surface area contributed by atoms with Crippen LogP contribution in [0.4, 0.5) is 5.13 Å². The summed E-state index contributed by atoms with van der Waals surface area (Å²) in [6.07, 6.45) is 1.49. The number of nitrogens with one attached hydrogen (secondary N) is 2. The third kappa shape index (κ3) is 9.80. The topological polar surface area (TPSA) is 158 Å². The van der Waals surface area contributed by atoms with Crippen LogP contribution in [0.3, 0.4) is 0 Å². The molecule has 0 saturated carbocycles. The zero-order chi connectivity index (χ0) is 43.5. The molecule has 1 fully saturated rings. The molecule has 1 aromatic heterocycles. The van der Waals surface area contributed by atoms with Crippen molar-refractivity contribution < 1.29 is 38.2 Å². The lowest BCUT2D eigenvalue weighted by Crippen LogP contribution is -2.70. The molecule has 0 radical (unpaired) electrons. The fourth-order valence-electron chi connectivity index (χ4n) is 7.20. The summed E-state index contributed by atoms with van der Waals surface area (Å²) in [4.78, 5) is 63.1. The van der Waals surface area contributed by atoms with Crippen LogP contribution < -0.4 is 15.4 Å². The monoisotopic (exact) mass is 893 g/mol. The number of aromatic nitrogens is 1. The average Bonchev–Trinajstić information content (AvgIpc) is 3.79. The first-order chi connectivity index (χ1) is 30.2. The lowest BCUT2D eigenvalue weighted by atomic mass is 9.77. The average molecular weight is 894 g/mol. The Hall–Kier alpha value is -6.16. The number of β-lactam (4-membered cyclic amide) rings is 1. The minimum Gasteiger partial charge on any atom is -0.497 e. The van der Waals surface area contributed by atoms with Gasteiger partial charge in [0.1, 0.15) is 41.2 Å². The summed E-state index contributed by atoms with van der Waals surface area (Å²) < 4.78 is 16.2. The molecule has 0 bridgehead atoms. The summed E-state index contributed by atoms with van der Waals surface area (Å²) in [5.41, 5.74) is 4.56. The van der Waals surface area contributed by atoms with Crippen LogP contribution in [-0.2, 0) is 45.6 Å². The van der Waals surface area contributed by atoms with Crippen LogP contribution in [-0.4, -0.2) is 83.2 Å². The maximum absolute atomic E-state index is 13.2. The van der Waals surface area contributed by atoms with Crippen molar-refractivity contribution in [1.82, 2.24) is 15.2 Å². The molecule has 16 heteroatoms. The minimum absolute atomic E-state index is 0.0172. The van der Waals surface area contributed by atoms with E-state index >= 15 is 0 Å². The number of halogens is 1. The maximum Gasteiger partial charge on any atom is 0.355 e. The molecule has 2 aliphatic rings. The van der Waals surface area contributed by atoms with Gasteiger partial charge in [-0.25, -0.2) is 14.6 Å². The van der Waals surface area contributed by atoms with Crippen LogP contribution in [0.2, 0.25) is 0 Å². The number of benzene rings is 4. The van der Waals surface area contributed by atoms with Gasteiger partial charge in [0.05, 0.1) is 19.4 Å². The maximum atomic E-state index is 13.2. The van der Waals surface area contributed by atoms with Gasteiger partial charge in [0.25, 0.3) is 11.8 Å². The van der Waals surface area contributed by atoms with Gasteiger partial charge < -0.3 is 29.7 Å². The van der Waals surface area contributed by atoms with E-state index < -0.39 is 47.3 Å². The molecule has 2 aliphatic heterocycles. The first-order valence-electron chi connectivity index (χ1n) is 19.8. The number of anilines is 1. The van der Waals surface area contributed by atoms with Crippen molar-refractivity contribution in [2.75, 3.05) is 37.3 Å². The van der Waals surface area contributed by atoms with E-state index in [-0.39, 0.29) is 30.7 Å². The number of carbonyl (C=O) groups is 4. The second kappa shape index (κ2) is 20.6. The van der Waals surface area contributed by atoms with Gasteiger partial charge in [0, 0.05) is 22.9 Å². The van der Waals surface area contributed by atoms with Crippen LogP contribution in [0.5, 0.6) is 5.75 Å². The molecular formula is C46H44ClN5O8S2. The van der Waals surface area contributed by atoms with Gasteiger partial charge in [-0.15, -0.1) is 34.7 Å². The molecule has 3 heterocycles. The van der Waals surface area contributed by atoms with E-state index in [0.29, 0.717) is 28.6 Å². The number of methoxy groups -OCH3 is 1. The van der Waals surface area contributed by atoms with Crippen LogP contribution in [0.25, 0.3) is 0 Å². The van der Waals surface area contributed by atoms with E-state index in [1.54, 1.807) is 31.4 Å². The third-order valence-corrected chi connectivity index (χ3v) is 12.9. The molecule has 13 nitrogen and oxygen atoms in total. The Balaban J connectivity index is 0.900. The van der Waals surface area contributed by atoms with Crippen LogP contribution in [0, 0.1) is 0 Å². The predicted molar refractivity (Wildman–Crippen MR) is 239 cm³/mol. The normalized spacial score (nSPS) is 16.5. The van der Waals surface area contributed by atoms with Crippen molar-refractivity contribution in [2.24, 2.45) is 5.16 Å². The number of ether oxygens (including phenoxy) is 3. The zero-order valence-electron chi connectivity index (χ0n) is 33.9. The number of hydrogen-bond donors (Lipinski definition) is 2. The molecule has 1 saturated heterocycles. The number of alkyl halides is 1. The Morgan fingerprint density at radius 2 is 1.56 bits per heavy atom. The molecule has 3 atom stereocenters. The molecular weight excluding hydrogens is 850 g/mol. The second-order valence-corrected chi connectivity index (χ2v) is 16.5. The van der Waals surface area contributed by atoms with Crippen molar-refractivity contribution in [2.45, 2.75) is 42.8 Å². The summed E-state index contributed by atoms with van der Waals surface area (Å²) in [5, 5.41) is 12.1. The lowest BCUT2D eigenvalue weighted by Gasteiger charge is -2.49. The number of rotatable bonds is 19. The molecule has 2 amide bonds. The minimum atomic E-state index is -0.927. The number of fused-ring (bicyclic) bond motifs is 1. The number of thiazole rings is 1. The molecule has 0 spiro atoms. The highest BCUT2D eigenvalue weighted by atomic mass is 35.5. The predicted octanol–water partition coefficient (Wildman–Crippen LogP) is 7.23. The molecule has 5 aromatic rings. The summed E-state index contributed by atoms with van der Waals surface area (Å²) in [6, 6.07) is 36.9. The van der Waals surface area contributed by atoms with Crippen molar-refractivity contribution in [1.29, 1.82) is 0 Å². The van der Waals surface area contributed by atoms with Crippen molar-refractivity contribution in [3.8, 4) is 5.75 Å². The highest BCUT2D eigenvalue weighted by Gasteiger charge is 2.54. The molecule has 1 unspecified atom stereocenters. The Kier molecular flexibility index (Phi) is 14.6. The Morgan fingerprint density at radius 3 is 2.15 bits per heavy atom. The number of nitrogens with zero attached hydrogens (tertiary/aromatic N) is 3. The smallest absolute Gasteiger partial charge is 0.355 e. The molecule has 62 heavy (non-hydrogen) atoms. The van der Waals surface area contributed by atoms with Crippen LogP contribution in [0.1, 0.15) is 47.2 Å². The Labute approximate surface area is 372 Å². The van der Waals surface area contributed by atoms with Crippen molar-refractivity contribution in [3.05, 3.63) is 160 Å². The van der Waals surface area contributed by atoms with Gasteiger partial charge in [-0.05, 0) is 46.4 Å². The highest BCUT2D eigenvalue weighted by Crippen LogP contribution is 2.42. The van der Waals surface area contributed by atoms with Crippen LogP contribution >= 0.6 is 34.7 Å². The van der Waals surface area contributed by atoms with Gasteiger partial charge >= 0.3 is 11.9 Å². The van der Waals surface area contributed by atoms with E-state index in [0.717, 1.165) is 34.2 Å². The Morgan fingerprint density at radius 1 is 0.935 bits per heavy atom. The van der Waals surface area contributed by atoms with Gasteiger partial charge in [-0.2, -0.15) is 0 Å².